The summed E-state index contributed by atoms with van der Waals surface area (Å²) < 4.78 is 5.65. The van der Waals surface area contributed by atoms with Crippen LogP contribution in [0.3, 0.4) is 0 Å². The van der Waals surface area contributed by atoms with Crippen molar-refractivity contribution in [2.75, 3.05) is 32.8 Å². The van der Waals surface area contributed by atoms with Gasteiger partial charge in [0.25, 0.3) is 0 Å². The summed E-state index contributed by atoms with van der Waals surface area (Å²) in [5.41, 5.74) is 1.35. The molecule has 0 aliphatic carbocycles. The molecule has 0 radical (unpaired) electrons. The maximum absolute atomic E-state index is 5.65. The number of piperazine rings is 1. The molecule has 2 rings (SSSR count). The van der Waals surface area contributed by atoms with Gasteiger partial charge in [-0.2, -0.15) is 0 Å². The van der Waals surface area contributed by atoms with Crippen molar-refractivity contribution in [1.82, 2.24) is 10.2 Å². The molecule has 1 saturated heterocycles. The number of halogens is 1. The van der Waals surface area contributed by atoms with Gasteiger partial charge in [-0.15, -0.1) is 12.4 Å². The first-order valence-electron chi connectivity index (χ1n) is 6.53. The number of ether oxygens (including phenoxy) is 1. The average molecular weight is 271 g/mol. The van der Waals surface area contributed by atoms with Gasteiger partial charge in [0.15, 0.2) is 0 Å². The fourth-order valence-electron chi connectivity index (χ4n) is 2.08. The summed E-state index contributed by atoms with van der Waals surface area (Å²) in [7, 11) is 0. The van der Waals surface area contributed by atoms with Gasteiger partial charge in [-0.1, -0.05) is 19.1 Å². The van der Waals surface area contributed by atoms with Crippen LogP contribution < -0.4 is 10.1 Å². The maximum Gasteiger partial charge on any atom is 0.119 e. The van der Waals surface area contributed by atoms with Crippen molar-refractivity contribution in [3.05, 3.63) is 29.8 Å². The zero-order valence-corrected chi connectivity index (χ0v) is 11.8. The van der Waals surface area contributed by atoms with Crippen LogP contribution in [0.1, 0.15) is 18.9 Å². The minimum absolute atomic E-state index is 0. The molecule has 1 aromatic rings. The number of hydrogen-bond donors (Lipinski definition) is 1. The number of nitrogens with zero attached hydrogens (tertiary/aromatic N) is 1. The van der Waals surface area contributed by atoms with Crippen LogP contribution in [0.5, 0.6) is 5.75 Å². The van der Waals surface area contributed by atoms with E-state index in [2.05, 4.69) is 35.3 Å². The molecule has 18 heavy (non-hydrogen) atoms. The molecule has 0 unspecified atom stereocenters. The highest BCUT2D eigenvalue weighted by molar-refractivity contribution is 5.85. The van der Waals surface area contributed by atoms with Gasteiger partial charge < -0.3 is 10.1 Å². The van der Waals surface area contributed by atoms with Gasteiger partial charge in [0.1, 0.15) is 5.75 Å². The number of hydrogen-bond acceptors (Lipinski definition) is 3. The Labute approximate surface area is 116 Å². The van der Waals surface area contributed by atoms with Crippen LogP contribution in [-0.4, -0.2) is 37.7 Å². The van der Waals surface area contributed by atoms with E-state index in [0.717, 1.165) is 51.5 Å². The summed E-state index contributed by atoms with van der Waals surface area (Å²) in [5.74, 6) is 1.000. The molecule has 1 fully saturated rings. The van der Waals surface area contributed by atoms with Crippen molar-refractivity contribution >= 4 is 12.4 Å². The summed E-state index contributed by atoms with van der Waals surface area (Å²) >= 11 is 0. The van der Waals surface area contributed by atoms with E-state index in [1.807, 2.05) is 6.07 Å². The first-order chi connectivity index (χ1) is 8.38. The SMILES string of the molecule is CCCOc1cccc(CN2CCNCC2)c1.Cl. The zero-order valence-electron chi connectivity index (χ0n) is 11.0. The third kappa shape index (κ3) is 4.84. The highest BCUT2D eigenvalue weighted by Gasteiger charge is 2.09. The van der Waals surface area contributed by atoms with Crippen molar-refractivity contribution in [1.29, 1.82) is 0 Å². The Morgan fingerprint density at radius 3 is 2.78 bits per heavy atom. The minimum Gasteiger partial charge on any atom is -0.494 e. The smallest absolute Gasteiger partial charge is 0.119 e. The molecule has 0 spiro atoms. The Kier molecular flexibility index (Phi) is 7.09. The third-order valence-corrected chi connectivity index (χ3v) is 2.99. The molecule has 0 atom stereocenters. The Hall–Kier alpha value is -0.770. The highest BCUT2D eigenvalue weighted by Crippen LogP contribution is 2.15. The fraction of sp³-hybridized carbons (Fsp3) is 0.571. The van der Waals surface area contributed by atoms with Crippen LogP contribution >= 0.6 is 12.4 Å². The predicted molar refractivity (Wildman–Crippen MR) is 77.6 cm³/mol. The molecule has 3 nitrogen and oxygen atoms in total. The Morgan fingerprint density at radius 2 is 2.06 bits per heavy atom. The van der Waals surface area contributed by atoms with E-state index in [0.29, 0.717) is 0 Å². The molecule has 0 saturated carbocycles. The van der Waals surface area contributed by atoms with Crippen molar-refractivity contribution in [3.63, 3.8) is 0 Å². The second-order valence-corrected chi connectivity index (χ2v) is 4.52. The van der Waals surface area contributed by atoms with E-state index in [1.165, 1.54) is 5.56 Å². The fourth-order valence-corrected chi connectivity index (χ4v) is 2.08. The molecule has 0 aromatic heterocycles. The number of benzene rings is 1. The second-order valence-electron chi connectivity index (χ2n) is 4.52. The quantitative estimate of drug-likeness (QED) is 0.889. The van der Waals surface area contributed by atoms with Crippen LogP contribution in [0.2, 0.25) is 0 Å². The second kappa shape index (κ2) is 8.35. The predicted octanol–water partition coefficient (Wildman–Crippen LogP) is 2.30. The van der Waals surface area contributed by atoms with Gasteiger partial charge in [-0.05, 0) is 24.1 Å². The lowest BCUT2D eigenvalue weighted by molar-refractivity contribution is 0.232. The number of nitrogens with one attached hydrogen (secondary N) is 1. The Balaban J connectivity index is 0.00000162. The van der Waals surface area contributed by atoms with E-state index in [1.54, 1.807) is 0 Å². The van der Waals surface area contributed by atoms with Crippen LogP contribution in [0.15, 0.2) is 24.3 Å². The van der Waals surface area contributed by atoms with E-state index in [-0.39, 0.29) is 12.4 Å². The van der Waals surface area contributed by atoms with Gasteiger partial charge in [-0.25, -0.2) is 0 Å². The molecule has 0 amide bonds. The summed E-state index contributed by atoms with van der Waals surface area (Å²) in [6.45, 7) is 8.45. The standard InChI is InChI=1S/C14H22N2O.ClH/c1-2-10-17-14-5-3-4-13(11-14)12-16-8-6-15-7-9-16;/h3-5,11,15H,2,6-10,12H2,1H3;1H. The van der Waals surface area contributed by atoms with Gasteiger partial charge >= 0.3 is 0 Å². The third-order valence-electron chi connectivity index (χ3n) is 2.99. The average Bonchev–Trinajstić information content (AvgIpc) is 2.38. The molecular formula is C14H23ClN2O. The minimum atomic E-state index is 0. The van der Waals surface area contributed by atoms with Gasteiger partial charge in [0.05, 0.1) is 6.61 Å². The molecule has 1 aromatic carbocycles. The summed E-state index contributed by atoms with van der Waals surface area (Å²) in [6, 6.07) is 8.47. The van der Waals surface area contributed by atoms with Crippen LogP contribution in [0, 0.1) is 0 Å². The van der Waals surface area contributed by atoms with E-state index < -0.39 is 0 Å². The topological polar surface area (TPSA) is 24.5 Å². The summed E-state index contributed by atoms with van der Waals surface area (Å²) in [5, 5.41) is 3.37. The van der Waals surface area contributed by atoms with Gasteiger partial charge in [0, 0.05) is 32.7 Å². The Bertz CT molecular complexity index is 340. The zero-order chi connectivity index (χ0) is 11.9. The summed E-state index contributed by atoms with van der Waals surface area (Å²) in [6.07, 6.45) is 1.06. The monoisotopic (exact) mass is 270 g/mol. The van der Waals surface area contributed by atoms with Crippen LogP contribution in [0.4, 0.5) is 0 Å². The number of rotatable bonds is 5. The van der Waals surface area contributed by atoms with E-state index in [4.69, 9.17) is 4.74 Å². The molecule has 0 bridgehead atoms. The van der Waals surface area contributed by atoms with Gasteiger partial charge in [-0.3, -0.25) is 4.90 Å². The van der Waals surface area contributed by atoms with Crippen molar-refractivity contribution in [3.8, 4) is 5.75 Å². The molecular weight excluding hydrogens is 248 g/mol. The van der Waals surface area contributed by atoms with Crippen LogP contribution in [-0.2, 0) is 6.54 Å². The largest absolute Gasteiger partial charge is 0.494 e. The normalized spacial score (nSPS) is 16.1. The Morgan fingerprint density at radius 1 is 1.28 bits per heavy atom. The van der Waals surface area contributed by atoms with Crippen molar-refractivity contribution < 1.29 is 4.74 Å². The van der Waals surface area contributed by atoms with E-state index >= 15 is 0 Å². The first kappa shape index (κ1) is 15.3. The first-order valence-corrected chi connectivity index (χ1v) is 6.53. The molecule has 4 heteroatoms. The lowest BCUT2D eigenvalue weighted by Gasteiger charge is -2.27. The van der Waals surface area contributed by atoms with E-state index in [9.17, 15) is 0 Å². The van der Waals surface area contributed by atoms with Crippen molar-refractivity contribution in [2.24, 2.45) is 0 Å². The van der Waals surface area contributed by atoms with Crippen molar-refractivity contribution in [2.45, 2.75) is 19.9 Å². The molecule has 1 N–H and O–H groups in total. The highest BCUT2D eigenvalue weighted by atomic mass is 35.5. The maximum atomic E-state index is 5.65. The lowest BCUT2D eigenvalue weighted by atomic mass is 10.2. The molecule has 1 aliphatic heterocycles. The molecule has 1 aliphatic rings. The van der Waals surface area contributed by atoms with Crippen LogP contribution in [0.25, 0.3) is 0 Å². The summed E-state index contributed by atoms with van der Waals surface area (Å²) in [4.78, 5) is 2.48. The lowest BCUT2D eigenvalue weighted by Crippen LogP contribution is -2.42. The molecule has 1 heterocycles. The van der Waals surface area contributed by atoms with Gasteiger partial charge in [0.2, 0.25) is 0 Å². The molecule has 102 valence electrons.